The van der Waals surface area contributed by atoms with Crippen LogP contribution in [0.5, 0.6) is 0 Å². The molecule has 0 aliphatic heterocycles. The van der Waals surface area contributed by atoms with Crippen LogP contribution in [0.2, 0.25) is 0 Å². The maximum Gasteiger partial charge on any atom is 0.238 e. The van der Waals surface area contributed by atoms with E-state index in [1.165, 1.54) is 10.8 Å². The van der Waals surface area contributed by atoms with Crippen molar-refractivity contribution in [3.63, 3.8) is 0 Å². The van der Waals surface area contributed by atoms with E-state index in [0.29, 0.717) is 17.6 Å². The first kappa shape index (κ1) is 33.6. The molecule has 0 unspecified atom stereocenters. The quantitative estimate of drug-likeness (QED) is 0.175. The first-order chi connectivity index (χ1) is 30.3. The van der Waals surface area contributed by atoms with Crippen molar-refractivity contribution < 1.29 is 4.42 Å². The second-order valence-electron chi connectivity index (χ2n) is 15.6. The van der Waals surface area contributed by atoms with Gasteiger partial charge in [-0.2, -0.15) is 9.97 Å². The number of rotatable bonds is 5. The van der Waals surface area contributed by atoms with Gasteiger partial charge in [-0.3, -0.25) is 4.57 Å². The molecule has 4 aromatic heterocycles. The van der Waals surface area contributed by atoms with E-state index < -0.39 is 0 Å². The summed E-state index contributed by atoms with van der Waals surface area (Å²) < 4.78 is 11.7. The van der Waals surface area contributed by atoms with Crippen molar-refractivity contribution in [2.24, 2.45) is 0 Å². The molecule has 0 amide bonds. The molecular weight excluding hydrogens is 747 g/mol. The van der Waals surface area contributed by atoms with E-state index in [4.69, 9.17) is 19.4 Å². The van der Waals surface area contributed by atoms with Crippen LogP contribution >= 0.6 is 0 Å². The molecule has 0 saturated carbocycles. The van der Waals surface area contributed by atoms with Gasteiger partial charge < -0.3 is 8.98 Å². The minimum absolute atomic E-state index is 0.539. The van der Waals surface area contributed by atoms with Gasteiger partial charge in [-0.05, 0) is 46.8 Å². The molecule has 6 nitrogen and oxygen atoms in total. The highest BCUT2D eigenvalue weighted by Crippen LogP contribution is 2.45. The molecular formula is C55H33N5O. The summed E-state index contributed by atoms with van der Waals surface area (Å²) in [6, 6.07) is 70.1. The highest BCUT2D eigenvalue weighted by Gasteiger charge is 2.24. The average Bonchev–Trinajstić information content (AvgIpc) is 3.99. The van der Waals surface area contributed by atoms with E-state index in [0.717, 1.165) is 93.5 Å². The molecule has 0 spiro atoms. The maximum absolute atomic E-state index is 7.15. The molecule has 9 aromatic carbocycles. The van der Waals surface area contributed by atoms with E-state index in [1.807, 2.05) is 36.4 Å². The van der Waals surface area contributed by atoms with Crippen molar-refractivity contribution in [3.05, 3.63) is 200 Å². The summed E-state index contributed by atoms with van der Waals surface area (Å²) in [4.78, 5) is 15.5. The number of nitrogens with zero attached hydrogens (tertiary/aromatic N) is 5. The monoisotopic (exact) mass is 779 g/mol. The molecule has 0 fully saturated rings. The van der Waals surface area contributed by atoms with Crippen LogP contribution in [0.25, 0.3) is 122 Å². The third kappa shape index (κ3) is 5.06. The summed E-state index contributed by atoms with van der Waals surface area (Å²) in [5.41, 5.74) is 11.1. The van der Waals surface area contributed by atoms with E-state index in [2.05, 4.69) is 173 Å². The van der Waals surface area contributed by atoms with Crippen LogP contribution in [0, 0.1) is 0 Å². The SMILES string of the molecule is c1ccc(-c2ccc(-c3nc(-c4ccccc4)nc(-n4c5ccccc5c5c6oc7cc(-n8c9ccccc9c9ccccc98)c8ccccc8c7c6ccc54)n3)cc2)cc1. The Morgan fingerprint density at radius 3 is 1.48 bits per heavy atom. The van der Waals surface area contributed by atoms with Crippen LogP contribution in [-0.4, -0.2) is 24.1 Å². The minimum atomic E-state index is 0.539. The molecule has 0 atom stereocenters. The summed E-state index contributed by atoms with van der Waals surface area (Å²) in [6.45, 7) is 0. The van der Waals surface area contributed by atoms with Crippen LogP contribution in [0.3, 0.4) is 0 Å². The lowest BCUT2D eigenvalue weighted by Crippen LogP contribution is -2.06. The summed E-state index contributed by atoms with van der Waals surface area (Å²) in [5.74, 6) is 1.74. The lowest BCUT2D eigenvalue weighted by molar-refractivity contribution is 0.673. The first-order valence-electron chi connectivity index (χ1n) is 20.5. The molecule has 0 aliphatic rings. The van der Waals surface area contributed by atoms with E-state index in [-0.39, 0.29) is 0 Å². The van der Waals surface area contributed by atoms with Crippen LogP contribution in [0.1, 0.15) is 0 Å². The van der Waals surface area contributed by atoms with Gasteiger partial charge >= 0.3 is 0 Å². The van der Waals surface area contributed by atoms with Crippen LogP contribution in [0.4, 0.5) is 0 Å². The molecule has 4 heterocycles. The van der Waals surface area contributed by atoms with Crippen molar-refractivity contribution in [1.82, 2.24) is 24.1 Å². The topological polar surface area (TPSA) is 61.7 Å². The Morgan fingerprint density at radius 2 is 0.820 bits per heavy atom. The fourth-order valence-corrected chi connectivity index (χ4v) is 9.47. The zero-order valence-electron chi connectivity index (χ0n) is 32.7. The Balaban J connectivity index is 1.07. The number of hydrogen-bond donors (Lipinski definition) is 0. The molecule has 13 aromatic rings. The van der Waals surface area contributed by atoms with Crippen LogP contribution in [-0.2, 0) is 0 Å². The smallest absolute Gasteiger partial charge is 0.238 e. The summed E-state index contributed by atoms with van der Waals surface area (Å²) in [7, 11) is 0. The molecule has 6 heteroatoms. The number of fused-ring (bicyclic) bond motifs is 12. The van der Waals surface area contributed by atoms with Crippen molar-refractivity contribution in [2.75, 3.05) is 0 Å². The van der Waals surface area contributed by atoms with Gasteiger partial charge in [-0.1, -0.05) is 164 Å². The number of furan rings is 1. The van der Waals surface area contributed by atoms with Gasteiger partial charge in [0.15, 0.2) is 11.6 Å². The lowest BCUT2D eigenvalue weighted by atomic mass is 10.0. The molecule has 0 N–H and O–H groups in total. The largest absolute Gasteiger partial charge is 0.455 e. The molecule has 0 saturated heterocycles. The number of benzene rings is 9. The molecule has 13 rings (SSSR count). The second-order valence-corrected chi connectivity index (χ2v) is 15.6. The highest BCUT2D eigenvalue weighted by atomic mass is 16.3. The summed E-state index contributed by atoms with van der Waals surface area (Å²) >= 11 is 0. The van der Waals surface area contributed by atoms with Crippen molar-refractivity contribution in [3.8, 4) is 45.5 Å². The summed E-state index contributed by atoms with van der Waals surface area (Å²) in [6.07, 6.45) is 0. The highest BCUT2D eigenvalue weighted by molar-refractivity contribution is 6.28. The minimum Gasteiger partial charge on any atom is -0.455 e. The molecule has 61 heavy (non-hydrogen) atoms. The Hall–Kier alpha value is -8.35. The number of hydrogen-bond acceptors (Lipinski definition) is 4. The van der Waals surface area contributed by atoms with Crippen molar-refractivity contribution >= 4 is 76.3 Å². The van der Waals surface area contributed by atoms with Gasteiger partial charge in [-0.15, -0.1) is 0 Å². The van der Waals surface area contributed by atoms with Gasteiger partial charge in [-0.25, -0.2) is 4.98 Å². The average molecular weight is 780 g/mol. The lowest BCUT2D eigenvalue weighted by Gasteiger charge is -2.12. The Kier molecular flexibility index (Phi) is 7.21. The zero-order valence-corrected chi connectivity index (χ0v) is 32.7. The second kappa shape index (κ2) is 13.1. The fraction of sp³-hybridized carbons (Fsp3) is 0. The Bertz CT molecular complexity index is 3810. The van der Waals surface area contributed by atoms with Crippen molar-refractivity contribution in [1.29, 1.82) is 0 Å². The Morgan fingerprint density at radius 1 is 0.328 bits per heavy atom. The van der Waals surface area contributed by atoms with Gasteiger partial charge in [0.25, 0.3) is 0 Å². The first-order valence-corrected chi connectivity index (χ1v) is 20.5. The molecule has 0 radical (unpaired) electrons. The van der Waals surface area contributed by atoms with Crippen LogP contribution in [0.15, 0.2) is 205 Å². The Labute approximate surface area is 349 Å². The molecule has 284 valence electrons. The normalized spacial score (nSPS) is 11.9. The van der Waals surface area contributed by atoms with Gasteiger partial charge in [0.05, 0.1) is 33.1 Å². The summed E-state index contributed by atoms with van der Waals surface area (Å²) in [5, 5.41) is 9.00. The maximum atomic E-state index is 7.15. The third-order valence-electron chi connectivity index (χ3n) is 12.2. The predicted molar refractivity (Wildman–Crippen MR) is 250 cm³/mol. The zero-order chi connectivity index (χ0) is 40.0. The van der Waals surface area contributed by atoms with Crippen LogP contribution < -0.4 is 0 Å². The predicted octanol–water partition coefficient (Wildman–Crippen LogP) is 14.1. The van der Waals surface area contributed by atoms with Gasteiger partial charge in [0, 0.05) is 49.5 Å². The fourth-order valence-electron chi connectivity index (χ4n) is 9.47. The number of para-hydroxylation sites is 3. The van der Waals surface area contributed by atoms with E-state index in [9.17, 15) is 0 Å². The van der Waals surface area contributed by atoms with Gasteiger partial charge in [0.1, 0.15) is 11.2 Å². The van der Waals surface area contributed by atoms with Gasteiger partial charge in [0.2, 0.25) is 5.95 Å². The third-order valence-corrected chi connectivity index (χ3v) is 12.2. The molecule has 0 bridgehead atoms. The van der Waals surface area contributed by atoms with E-state index in [1.54, 1.807) is 0 Å². The number of aromatic nitrogens is 5. The van der Waals surface area contributed by atoms with Crippen molar-refractivity contribution in [2.45, 2.75) is 0 Å². The standard InChI is InChI=1S/C55H33N5O/c1-3-15-34(16-4-1)35-27-29-37(30-28-35)54-56-53(36-17-5-2-6-18-36)57-55(58-54)60-46-26-14-11-23-42(46)51-47(60)32-31-43-50-41-22-8-7-21-40(41)48(33-49(50)61-52(43)51)59-44-24-12-9-19-38(44)39-20-10-13-25-45(39)59/h1-33H. The van der Waals surface area contributed by atoms with E-state index >= 15 is 0 Å². The molecule has 0 aliphatic carbocycles.